The molecule has 0 aromatic carbocycles. The number of halogens is 1. The van der Waals surface area contributed by atoms with Crippen LogP contribution in [0.4, 0.5) is 0 Å². The van der Waals surface area contributed by atoms with Crippen LogP contribution in [0.3, 0.4) is 0 Å². The van der Waals surface area contributed by atoms with Crippen LogP contribution in [0.15, 0.2) is 0 Å². The van der Waals surface area contributed by atoms with E-state index in [9.17, 15) is 0 Å². The minimum atomic E-state index is 0.391. The minimum absolute atomic E-state index is 0.391. The molecule has 0 aliphatic heterocycles. The second kappa shape index (κ2) is 3.87. The molecule has 1 unspecified atom stereocenters. The van der Waals surface area contributed by atoms with E-state index < -0.39 is 0 Å². The monoisotopic (exact) mass is 199 g/mol. The normalized spacial score (nSPS) is 14.5. The van der Waals surface area contributed by atoms with E-state index in [2.05, 4.69) is 22.6 Å². The lowest BCUT2D eigenvalue weighted by atomic mass is 10.3. The summed E-state index contributed by atoms with van der Waals surface area (Å²) >= 11 is 2.32. The summed E-state index contributed by atoms with van der Waals surface area (Å²) in [5.41, 5.74) is 5.40. The van der Waals surface area contributed by atoms with Gasteiger partial charge < -0.3 is 5.73 Å². The van der Waals surface area contributed by atoms with Crippen LogP contribution < -0.4 is 5.73 Å². The molecule has 0 bridgehead atoms. The Morgan fingerprint density at radius 2 is 2.33 bits per heavy atom. The lowest BCUT2D eigenvalue weighted by Crippen LogP contribution is -2.14. The summed E-state index contributed by atoms with van der Waals surface area (Å²) in [4.78, 5) is 0. The molecular formula is C4H10IN. The second-order valence-electron chi connectivity index (χ2n) is 1.45. The summed E-state index contributed by atoms with van der Waals surface area (Å²) < 4.78 is 1.18. The third-order valence-electron chi connectivity index (χ3n) is 0.564. The summed E-state index contributed by atoms with van der Waals surface area (Å²) in [5, 5.41) is 0. The molecule has 38 valence electrons. The molecule has 0 saturated carbocycles. The quantitative estimate of drug-likeness (QED) is 0.524. The number of hydrogen-bond donors (Lipinski definition) is 1. The molecule has 2 N–H and O–H groups in total. The van der Waals surface area contributed by atoms with Gasteiger partial charge in [-0.05, 0) is 13.3 Å². The van der Waals surface area contributed by atoms with Gasteiger partial charge in [0.25, 0.3) is 0 Å². The van der Waals surface area contributed by atoms with Crippen molar-refractivity contribution in [1.82, 2.24) is 0 Å². The van der Waals surface area contributed by atoms with Crippen molar-refractivity contribution in [3.63, 3.8) is 0 Å². The third kappa shape index (κ3) is 4.69. The molecule has 1 nitrogen and oxygen atoms in total. The predicted octanol–water partition coefficient (Wildman–Crippen LogP) is 1.16. The Morgan fingerprint density at radius 1 is 1.83 bits per heavy atom. The Labute approximate surface area is 52.4 Å². The van der Waals surface area contributed by atoms with E-state index in [0.717, 1.165) is 6.42 Å². The van der Waals surface area contributed by atoms with Gasteiger partial charge >= 0.3 is 0 Å². The summed E-state index contributed by atoms with van der Waals surface area (Å²) in [6, 6.07) is 0.391. The number of nitrogens with two attached hydrogens (primary N) is 1. The smallest absolute Gasteiger partial charge is 0.00177 e. The summed E-state index contributed by atoms with van der Waals surface area (Å²) in [6.45, 7) is 2.03. The van der Waals surface area contributed by atoms with Gasteiger partial charge in [-0.2, -0.15) is 0 Å². The number of hydrogen-bond acceptors (Lipinski definition) is 1. The molecule has 0 rings (SSSR count). The van der Waals surface area contributed by atoms with Crippen LogP contribution in [0.1, 0.15) is 13.3 Å². The third-order valence-corrected chi connectivity index (χ3v) is 1.19. The molecule has 0 aromatic heterocycles. The molecule has 0 heterocycles. The number of alkyl halides is 1. The van der Waals surface area contributed by atoms with E-state index in [1.54, 1.807) is 0 Å². The Morgan fingerprint density at radius 3 is 2.33 bits per heavy atom. The van der Waals surface area contributed by atoms with Crippen LogP contribution in [-0.4, -0.2) is 10.5 Å². The van der Waals surface area contributed by atoms with Crippen LogP contribution in [0.5, 0.6) is 0 Å². The molecule has 0 aromatic rings. The molecule has 0 fully saturated rings. The van der Waals surface area contributed by atoms with E-state index >= 15 is 0 Å². The molecule has 0 aliphatic rings. The molecular weight excluding hydrogens is 189 g/mol. The van der Waals surface area contributed by atoms with Gasteiger partial charge in [-0.1, -0.05) is 22.6 Å². The fraction of sp³-hybridized carbons (Fsp3) is 1.00. The van der Waals surface area contributed by atoms with Crippen LogP contribution in [-0.2, 0) is 0 Å². The van der Waals surface area contributed by atoms with Gasteiger partial charge in [-0.25, -0.2) is 0 Å². The minimum Gasteiger partial charge on any atom is -0.328 e. The first-order valence-corrected chi connectivity index (χ1v) is 3.61. The van der Waals surface area contributed by atoms with E-state index in [0.29, 0.717) is 6.04 Å². The van der Waals surface area contributed by atoms with Crippen molar-refractivity contribution < 1.29 is 0 Å². The van der Waals surface area contributed by atoms with Gasteiger partial charge in [0.05, 0.1) is 0 Å². The van der Waals surface area contributed by atoms with E-state index in [4.69, 9.17) is 5.73 Å². The van der Waals surface area contributed by atoms with E-state index in [-0.39, 0.29) is 0 Å². The predicted molar refractivity (Wildman–Crippen MR) is 37.2 cm³/mol. The maximum atomic E-state index is 5.40. The lowest BCUT2D eigenvalue weighted by Gasteiger charge is -1.95. The Balaban J connectivity index is 2.63. The Bertz CT molecular complexity index is 28.7. The van der Waals surface area contributed by atoms with Crippen LogP contribution in [0, 0.1) is 0 Å². The fourth-order valence-electron chi connectivity index (χ4n) is 0.172. The highest BCUT2D eigenvalue weighted by atomic mass is 127. The molecule has 0 radical (unpaired) electrons. The van der Waals surface area contributed by atoms with Crippen molar-refractivity contribution in [2.24, 2.45) is 5.73 Å². The maximum Gasteiger partial charge on any atom is 0.00177 e. The molecule has 0 amide bonds. The van der Waals surface area contributed by atoms with E-state index in [1.165, 1.54) is 4.43 Å². The Kier molecular flexibility index (Phi) is 4.31. The van der Waals surface area contributed by atoms with Crippen LogP contribution in [0.2, 0.25) is 0 Å². The first-order chi connectivity index (χ1) is 2.77. The lowest BCUT2D eigenvalue weighted by molar-refractivity contribution is 0.727. The fourth-order valence-corrected chi connectivity index (χ4v) is 1.15. The SMILES string of the molecule is CC(N)CCI. The highest BCUT2D eigenvalue weighted by Crippen LogP contribution is 1.90. The van der Waals surface area contributed by atoms with Gasteiger partial charge in [0.1, 0.15) is 0 Å². The molecule has 2 heteroatoms. The van der Waals surface area contributed by atoms with Crippen molar-refractivity contribution >= 4 is 22.6 Å². The van der Waals surface area contributed by atoms with Crippen molar-refractivity contribution in [3.05, 3.63) is 0 Å². The molecule has 1 atom stereocenters. The van der Waals surface area contributed by atoms with Gasteiger partial charge in [0.15, 0.2) is 0 Å². The molecule has 0 spiro atoms. The zero-order chi connectivity index (χ0) is 4.99. The van der Waals surface area contributed by atoms with Gasteiger partial charge in [-0.3, -0.25) is 0 Å². The zero-order valence-corrected chi connectivity index (χ0v) is 6.10. The number of rotatable bonds is 2. The molecule has 0 aliphatic carbocycles. The molecule has 0 saturated heterocycles. The topological polar surface area (TPSA) is 26.0 Å². The van der Waals surface area contributed by atoms with Crippen molar-refractivity contribution in [2.75, 3.05) is 4.43 Å². The van der Waals surface area contributed by atoms with Crippen molar-refractivity contribution in [1.29, 1.82) is 0 Å². The first-order valence-electron chi connectivity index (χ1n) is 2.09. The Hall–Kier alpha value is 0.690. The largest absolute Gasteiger partial charge is 0.328 e. The second-order valence-corrected chi connectivity index (χ2v) is 2.53. The average molecular weight is 199 g/mol. The van der Waals surface area contributed by atoms with Crippen LogP contribution in [0.25, 0.3) is 0 Å². The summed E-state index contributed by atoms with van der Waals surface area (Å²) in [6.07, 6.45) is 1.14. The maximum absolute atomic E-state index is 5.40. The van der Waals surface area contributed by atoms with Gasteiger partial charge in [0.2, 0.25) is 0 Å². The molecule has 6 heavy (non-hydrogen) atoms. The van der Waals surface area contributed by atoms with Crippen LogP contribution >= 0.6 is 22.6 Å². The van der Waals surface area contributed by atoms with Crippen molar-refractivity contribution in [2.45, 2.75) is 19.4 Å². The average Bonchev–Trinajstić information content (AvgIpc) is 1.35. The van der Waals surface area contributed by atoms with E-state index in [1.807, 2.05) is 6.92 Å². The first kappa shape index (κ1) is 6.69. The van der Waals surface area contributed by atoms with Crippen molar-refractivity contribution in [3.8, 4) is 0 Å². The highest BCUT2D eigenvalue weighted by Gasteiger charge is 1.86. The standard InChI is InChI=1S/C4H10IN/c1-4(6)2-3-5/h4H,2-3,6H2,1H3. The van der Waals surface area contributed by atoms with Gasteiger partial charge in [-0.15, -0.1) is 0 Å². The zero-order valence-electron chi connectivity index (χ0n) is 3.95. The van der Waals surface area contributed by atoms with Gasteiger partial charge in [0, 0.05) is 10.5 Å². The summed E-state index contributed by atoms with van der Waals surface area (Å²) in [7, 11) is 0. The summed E-state index contributed by atoms with van der Waals surface area (Å²) in [5.74, 6) is 0. The highest BCUT2D eigenvalue weighted by molar-refractivity contribution is 14.1.